The van der Waals surface area contributed by atoms with Crippen LogP contribution in [-0.4, -0.2) is 24.7 Å². The van der Waals surface area contributed by atoms with E-state index in [1.54, 1.807) is 13.8 Å². The first kappa shape index (κ1) is 18.4. The summed E-state index contributed by atoms with van der Waals surface area (Å²) >= 11 is 1.17. The SMILES string of the molecule is CCOP(=O)(OCC)SCCCC(=O)c1ccc(C)cc1. The normalized spacial score (nSPS) is 11.6. The minimum atomic E-state index is -3.05. The molecule has 0 aliphatic rings. The Bertz CT molecular complexity index is 477. The molecule has 6 heteroatoms. The summed E-state index contributed by atoms with van der Waals surface area (Å²) in [5.41, 5.74) is 1.86. The monoisotopic (exact) mass is 330 g/mol. The predicted molar refractivity (Wildman–Crippen MR) is 88.1 cm³/mol. The molecule has 0 spiro atoms. The largest absolute Gasteiger partial charge is 0.389 e. The molecule has 0 saturated carbocycles. The fourth-order valence-electron chi connectivity index (χ4n) is 1.72. The summed E-state index contributed by atoms with van der Waals surface area (Å²) < 4.78 is 22.6. The van der Waals surface area contributed by atoms with E-state index in [4.69, 9.17) is 9.05 Å². The van der Waals surface area contributed by atoms with Crippen molar-refractivity contribution in [1.29, 1.82) is 0 Å². The van der Waals surface area contributed by atoms with Crippen molar-refractivity contribution in [2.24, 2.45) is 0 Å². The van der Waals surface area contributed by atoms with Gasteiger partial charge in [-0.1, -0.05) is 29.8 Å². The van der Waals surface area contributed by atoms with Crippen LogP contribution in [0.15, 0.2) is 24.3 Å². The maximum absolute atomic E-state index is 12.2. The molecule has 0 atom stereocenters. The fourth-order valence-corrected chi connectivity index (χ4v) is 5.21. The summed E-state index contributed by atoms with van der Waals surface area (Å²) in [6.07, 6.45) is 1.09. The van der Waals surface area contributed by atoms with Crippen molar-refractivity contribution >= 4 is 24.0 Å². The number of Topliss-reactive ketones (excluding diaryl/α,β-unsaturated/α-hetero) is 1. The summed E-state index contributed by atoms with van der Waals surface area (Å²) in [5.74, 6) is 0.688. The third kappa shape index (κ3) is 6.79. The third-order valence-corrected chi connectivity index (χ3v) is 6.81. The smallest absolute Gasteiger partial charge is 0.301 e. The third-order valence-electron chi connectivity index (χ3n) is 2.75. The molecule has 1 aromatic carbocycles. The van der Waals surface area contributed by atoms with E-state index in [0.717, 1.165) is 11.1 Å². The van der Waals surface area contributed by atoms with Crippen LogP contribution in [-0.2, 0) is 13.6 Å². The maximum atomic E-state index is 12.2. The molecule has 1 rings (SSSR count). The first-order valence-electron chi connectivity index (χ1n) is 7.14. The molecule has 0 unspecified atom stereocenters. The molecule has 0 heterocycles. The zero-order chi connectivity index (χ0) is 15.7. The van der Waals surface area contributed by atoms with Crippen LogP contribution >= 0.6 is 18.2 Å². The number of benzene rings is 1. The Morgan fingerprint density at radius 1 is 1.14 bits per heavy atom. The van der Waals surface area contributed by atoms with Gasteiger partial charge in [-0.2, -0.15) is 0 Å². The second kappa shape index (κ2) is 9.42. The van der Waals surface area contributed by atoms with Gasteiger partial charge in [0, 0.05) is 17.7 Å². The summed E-state index contributed by atoms with van der Waals surface area (Å²) in [6, 6.07) is 7.55. The van der Waals surface area contributed by atoms with E-state index in [9.17, 15) is 9.36 Å². The topological polar surface area (TPSA) is 52.6 Å². The lowest BCUT2D eigenvalue weighted by molar-refractivity contribution is 0.0982. The van der Waals surface area contributed by atoms with Crippen molar-refractivity contribution in [3.63, 3.8) is 0 Å². The lowest BCUT2D eigenvalue weighted by Gasteiger charge is -2.15. The van der Waals surface area contributed by atoms with Gasteiger partial charge >= 0.3 is 6.80 Å². The molecule has 0 amide bonds. The molecule has 0 aliphatic heterocycles. The number of carbonyl (C=O) groups is 1. The van der Waals surface area contributed by atoms with E-state index in [2.05, 4.69) is 0 Å². The Morgan fingerprint density at radius 2 is 1.71 bits per heavy atom. The molecule has 0 N–H and O–H groups in total. The molecule has 0 bridgehead atoms. The predicted octanol–water partition coefficient (Wildman–Crippen LogP) is 4.87. The quantitative estimate of drug-likeness (QED) is 0.348. The van der Waals surface area contributed by atoms with E-state index < -0.39 is 6.80 Å². The standard InChI is InChI=1S/C15H23O4PS/c1-4-18-20(17,19-5-2)21-12-6-7-15(16)14-10-8-13(3)9-11-14/h8-11H,4-7,12H2,1-3H3. The highest BCUT2D eigenvalue weighted by Crippen LogP contribution is 2.60. The average Bonchev–Trinajstić information content (AvgIpc) is 2.45. The minimum Gasteiger partial charge on any atom is -0.301 e. The van der Waals surface area contributed by atoms with Crippen LogP contribution in [0.5, 0.6) is 0 Å². The summed E-state index contributed by atoms with van der Waals surface area (Å²) in [6.45, 7) is 3.21. The average molecular weight is 330 g/mol. The van der Waals surface area contributed by atoms with Gasteiger partial charge < -0.3 is 9.05 Å². The number of carbonyl (C=O) groups excluding carboxylic acids is 1. The van der Waals surface area contributed by atoms with Crippen LogP contribution in [0.4, 0.5) is 0 Å². The molecule has 0 radical (unpaired) electrons. The minimum absolute atomic E-state index is 0.109. The van der Waals surface area contributed by atoms with Gasteiger partial charge in [0.2, 0.25) is 0 Å². The highest BCUT2D eigenvalue weighted by atomic mass is 32.7. The lowest BCUT2D eigenvalue weighted by Crippen LogP contribution is -2.00. The highest BCUT2D eigenvalue weighted by molar-refractivity contribution is 8.55. The Hall–Kier alpha value is -0.610. The molecule has 1 aromatic rings. The molecule has 4 nitrogen and oxygen atoms in total. The van der Waals surface area contributed by atoms with Crippen molar-refractivity contribution in [2.75, 3.05) is 19.0 Å². The lowest BCUT2D eigenvalue weighted by atomic mass is 10.1. The van der Waals surface area contributed by atoms with Crippen LogP contribution < -0.4 is 0 Å². The number of rotatable bonds is 10. The van der Waals surface area contributed by atoms with E-state index >= 15 is 0 Å². The molecule has 21 heavy (non-hydrogen) atoms. The van der Waals surface area contributed by atoms with Gasteiger partial charge in [0.1, 0.15) is 0 Å². The van der Waals surface area contributed by atoms with Crippen LogP contribution in [0.1, 0.15) is 42.6 Å². The Kier molecular flexibility index (Phi) is 8.27. The Morgan fingerprint density at radius 3 is 2.24 bits per heavy atom. The highest BCUT2D eigenvalue weighted by Gasteiger charge is 2.24. The van der Waals surface area contributed by atoms with E-state index in [1.807, 2.05) is 31.2 Å². The number of hydrogen-bond donors (Lipinski definition) is 0. The molecule has 0 aliphatic carbocycles. The van der Waals surface area contributed by atoms with E-state index in [-0.39, 0.29) is 5.78 Å². The Balaban J connectivity index is 2.37. The molecule has 0 saturated heterocycles. The van der Waals surface area contributed by atoms with Gasteiger partial charge in [-0.05, 0) is 38.6 Å². The van der Waals surface area contributed by atoms with Crippen molar-refractivity contribution in [1.82, 2.24) is 0 Å². The van der Waals surface area contributed by atoms with Gasteiger partial charge in [-0.3, -0.25) is 4.79 Å². The van der Waals surface area contributed by atoms with Crippen molar-refractivity contribution in [3.8, 4) is 0 Å². The van der Waals surface area contributed by atoms with Crippen LogP contribution in [0, 0.1) is 6.92 Å². The van der Waals surface area contributed by atoms with Crippen molar-refractivity contribution < 1.29 is 18.4 Å². The van der Waals surface area contributed by atoms with Crippen LogP contribution in [0.2, 0.25) is 0 Å². The Labute approximate surface area is 130 Å². The summed E-state index contributed by atoms with van der Waals surface area (Å²) in [5, 5.41) is 0. The second-order valence-electron chi connectivity index (χ2n) is 4.51. The fraction of sp³-hybridized carbons (Fsp3) is 0.533. The van der Waals surface area contributed by atoms with Crippen LogP contribution in [0.25, 0.3) is 0 Å². The van der Waals surface area contributed by atoms with Crippen molar-refractivity contribution in [3.05, 3.63) is 35.4 Å². The summed E-state index contributed by atoms with van der Waals surface area (Å²) in [7, 11) is 0. The van der Waals surface area contributed by atoms with Crippen LogP contribution in [0.3, 0.4) is 0 Å². The van der Waals surface area contributed by atoms with Gasteiger partial charge in [0.15, 0.2) is 5.78 Å². The van der Waals surface area contributed by atoms with Gasteiger partial charge in [0.25, 0.3) is 0 Å². The zero-order valence-electron chi connectivity index (χ0n) is 12.8. The molecular formula is C15H23O4PS. The zero-order valence-corrected chi connectivity index (χ0v) is 14.5. The molecular weight excluding hydrogens is 307 g/mol. The van der Waals surface area contributed by atoms with E-state index in [1.165, 1.54) is 11.4 Å². The summed E-state index contributed by atoms with van der Waals surface area (Å²) in [4.78, 5) is 12.0. The first-order chi connectivity index (χ1) is 10.0. The molecule has 0 fully saturated rings. The van der Waals surface area contributed by atoms with E-state index in [0.29, 0.717) is 31.8 Å². The van der Waals surface area contributed by atoms with Crippen molar-refractivity contribution in [2.45, 2.75) is 33.6 Å². The van der Waals surface area contributed by atoms with Gasteiger partial charge in [-0.25, -0.2) is 4.57 Å². The first-order valence-corrected chi connectivity index (χ1v) is 10.3. The second-order valence-corrected chi connectivity index (χ2v) is 8.70. The maximum Gasteiger partial charge on any atom is 0.389 e. The molecule has 118 valence electrons. The van der Waals surface area contributed by atoms with Gasteiger partial charge in [0.05, 0.1) is 13.2 Å². The number of aryl methyl sites for hydroxylation is 1. The number of hydrogen-bond acceptors (Lipinski definition) is 5. The van der Waals surface area contributed by atoms with Gasteiger partial charge in [-0.15, -0.1) is 0 Å². The number of ketones is 1. The molecule has 0 aromatic heterocycles.